The molecule has 2 aliphatic heterocycles. The smallest absolute Gasteiger partial charge is 0.341 e. The van der Waals surface area contributed by atoms with E-state index in [1.165, 1.54) is 7.11 Å². The first kappa shape index (κ1) is 16.1. The summed E-state index contributed by atoms with van der Waals surface area (Å²) in [6, 6.07) is 4.69. The molecule has 0 radical (unpaired) electrons. The van der Waals surface area contributed by atoms with Gasteiger partial charge in [-0.3, -0.25) is 0 Å². The Balaban J connectivity index is 1.82. The van der Waals surface area contributed by atoms with Crippen LogP contribution in [0.25, 0.3) is 0 Å². The molecule has 124 valence electrons. The van der Waals surface area contributed by atoms with Crippen LogP contribution in [0.5, 0.6) is 0 Å². The molecular formula is C16H19ClN2O4. The number of methoxy groups -OCH3 is 1. The zero-order chi connectivity index (χ0) is 16.6. The van der Waals surface area contributed by atoms with Crippen molar-refractivity contribution in [2.45, 2.75) is 43.9 Å². The second-order valence-corrected chi connectivity index (χ2v) is 6.41. The maximum Gasteiger partial charge on any atom is 0.341 e. The number of benzene rings is 1. The monoisotopic (exact) mass is 338 g/mol. The van der Waals surface area contributed by atoms with Crippen molar-refractivity contribution in [1.82, 2.24) is 4.90 Å². The number of hydrogen-bond donors (Lipinski definition) is 2. The fourth-order valence-corrected chi connectivity index (χ4v) is 3.85. The molecule has 2 fully saturated rings. The van der Waals surface area contributed by atoms with E-state index in [0.717, 1.165) is 12.8 Å². The lowest BCUT2D eigenvalue weighted by Crippen LogP contribution is -2.49. The van der Waals surface area contributed by atoms with Crippen molar-refractivity contribution in [2.75, 3.05) is 12.4 Å². The number of anilines is 1. The van der Waals surface area contributed by atoms with Gasteiger partial charge in [0.05, 0.1) is 23.9 Å². The Morgan fingerprint density at radius 1 is 1.30 bits per heavy atom. The van der Waals surface area contributed by atoms with E-state index in [9.17, 15) is 14.7 Å². The van der Waals surface area contributed by atoms with Crippen LogP contribution in [0.1, 0.15) is 36.0 Å². The van der Waals surface area contributed by atoms with Crippen molar-refractivity contribution in [3.63, 3.8) is 0 Å². The van der Waals surface area contributed by atoms with Gasteiger partial charge in [-0.05, 0) is 37.8 Å². The number of urea groups is 1. The van der Waals surface area contributed by atoms with Crippen LogP contribution in [0.2, 0.25) is 5.02 Å². The molecule has 2 heterocycles. The molecule has 2 saturated heterocycles. The summed E-state index contributed by atoms with van der Waals surface area (Å²) in [6.45, 7) is 0. The molecule has 3 rings (SSSR count). The molecule has 0 aromatic heterocycles. The van der Waals surface area contributed by atoms with E-state index in [2.05, 4.69) is 5.32 Å². The van der Waals surface area contributed by atoms with Crippen LogP contribution < -0.4 is 5.32 Å². The van der Waals surface area contributed by atoms with E-state index in [1.807, 2.05) is 0 Å². The molecule has 6 nitrogen and oxygen atoms in total. The molecule has 0 aliphatic carbocycles. The van der Waals surface area contributed by atoms with Crippen LogP contribution in [-0.2, 0) is 4.74 Å². The van der Waals surface area contributed by atoms with Crippen molar-refractivity contribution in [3.05, 3.63) is 28.8 Å². The first-order chi connectivity index (χ1) is 11.0. The van der Waals surface area contributed by atoms with Crippen molar-refractivity contribution in [3.8, 4) is 0 Å². The lowest BCUT2D eigenvalue weighted by Gasteiger charge is -2.37. The van der Waals surface area contributed by atoms with E-state index >= 15 is 0 Å². The number of carbonyl (C=O) groups is 2. The molecule has 2 amide bonds. The van der Waals surface area contributed by atoms with Gasteiger partial charge in [-0.25, -0.2) is 9.59 Å². The minimum atomic E-state index is -0.595. The fourth-order valence-electron chi connectivity index (χ4n) is 3.60. The Bertz CT molecular complexity index is 623. The average Bonchev–Trinajstić information content (AvgIpc) is 2.79. The first-order valence-corrected chi connectivity index (χ1v) is 8.03. The van der Waals surface area contributed by atoms with Crippen molar-refractivity contribution in [1.29, 1.82) is 0 Å². The normalized spacial score (nSPS) is 26.0. The van der Waals surface area contributed by atoms with E-state index in [4.69, 9.17) is 16.3 Å². The van der Waals surface area contributed by atoms with E-state index in [-0.39, 0.29) is 34.8 Å². The topological polar surface area (TPSA) is 78.9 Å². The molecule has 1 aromatic rings. The summed E-state index contributed by atoms with van der Waals surface area (Å²) in [4.78, 5) is 26.3. The number of esters is 1. The number of rotatable bonds is 2. The number of fused-ring (bicyclic) bond motifs is 2. The van der Waals surface area contributed by atoms with Crippen LogP contribution in [0.4, 0.5) is 10.5 Å². The summed E-state index contributed by atoms with van der Waals surface area (Å²) in [6.07, 6.45) is 2.66. The Hall–Kier alpha value is -1.79. The highest BCUT2D eigenvalue weighted by molar-refractivity contribution is 6.34. The third kappa shape index (κ3) is 3.01. The number of carbonyl (C=O) groups excluding carboxylic acids is 2. The molecule has 2 unspecified atom stereocenters. The zero-order valence-electron chi connectivity index (χ0n) is 12.8. The van der Waals surface area contributed by atoms with Crippen LogP contribution >= 0.6 is 11.6 Å². The molecule has 1 aromatic carbocycles. The highest BCUT2D eigenvalue weighted by Crippen LogP contribution is 2.36. The number of ether oxygens (including phenoxy) is 1. The Kier molecular flexibility index (Phi) is 4.46. The quantitative estimate of drug-likeness (QED) is 0.812. The largest absolute Gasteiger partial charge is 0.465 e. The summed E-state index contributed by atoms with van der Waals surface area (Å²) in [5.41, 5.74) is 0.481. The second kappa shape index (κ2) is 6.37. The summed E-state index contributed by atoms with van der Waals surface area (Å²) < 4.78 is 4.73. The summed E-state index contributed by atoms with van der Waals surface area (Å²) in [5, 5.41) is 12.8. The third-order valence-electron chi connectivity index (χ3n) is 4.59. The van der Waals surface area contributed by atoms with Gasteiger partial charge in [0.25, 0.3) is 0 Å². The molecular weight excluding hydrogens is 320 g/mol. The van der Waals surface area contributed by atoms with Gasteiger partial charge >= 0.3 is 12.0 Å². The van der Waals surface area contributed by atoms with Crippen LogP contribution in [0, 0.1) is 0 Å². The van der Waals surface area contributed by atoms with E-state index in [0.29, 0.717) is 18.5 Å². The Morgan fingerprint density at radius 2 is 1.96 bits per heavy atom. The van der Waals surface area contributed by atoms with E-state index in [1.54, 1.807) is 23.1 Å². The Morgan fingerprint density at radius 3 is 2.57 bits per heavy atom. The number of nitrogens with zero attached hydrogens (tertiary/aromatic N) is 1. The van der Waals surface area contributed by atoms with Gasteiger partial charge in [-0.1, -0.05) is 17.7 Å². The minimum Gasteiger partial charge on any atom is -0.465 e. The van der Waals surface area contributed by atoms with Gasteiger partial charge in [0.15, 0.2) is 0 Å². The molecule has 23 heavy (non-hydrogen) atoms. The lowest BCUT2D eigenvalue weighted by molar-refractivity contribution is 0.0580. The van der Waals surface area contributed by atoms with Gasteiger partial charge in [0.2, 0.25) is 0 Å². The lowest BCUT2D eigenvalue weighted by atomic mass is 10.0. The van der Waals surface area contributed by atoms with Crippen LogP contribution in [-0.4, -0.2) is 47.3 Å². The van der Waals surface area contributed by atoms with Gasteiger partial charge in [0, 0.05) is 12.1 Å². The molecule has 2 aliphatic rings. The van der Waals surface area contributed by atoms with Crippen molar-refractivity contribution < 1.29 is 19.4 Å². The van der Waals surface area contributed by atoms with Gasteiger partial charge in [-0.15, -0.1) is 0 Å². The highest BCUT2D eigenvalue weighted by atomic mass is 35.5. The number of nitrogens with one attached hydrogen (secondary N) is 1. The Labute approximate surface area is 139 Å². The molecule has 2 bridgehead atoms. The van der Waals surface area contributed by atoms with Crippen LogP contribution in [0.3, 0.4) is 0 Å². The standard InChI is InChI=1S/C16H19ClN2O4/c1-23-15(21)14-12(17)3-2-4-13(14)18-16(22)19-9-5-6-10(19)8-11(20)7-9/h2-4,9-11,20H,5-8H2,1H3,(H,18,22). The molecule has 0 saturated carbocycles. The summed E-state index contributed by atoms with van der Waals surface area (Å²) in [5.74, 6) is -0.595. The number of aliphatic hydroxyl groups excluding tert-OH is 1. The zero-order valence-corrected chi connectivity index (χ0v) is 13.5. The average molecular weight is 339 g/mol. The van der Waals surface area contributed by atoms with Gasteiger partial charge in [-0.2, -0.15) is 0 Å². The number of aliphatic hydroxyl groups is 1. The summed E-state index contributed by atoms with van der Waals surface area (Å²) in [7, 11) is 1.27. The van der Waals surface area contributed by atoms with Crippen LogP contribution in [0.15, 0.2) is 18.2 Å². The first-order valence-electron chi connectivity index (χ1n) is 7.65. The summed E-state index contributed by atoms with van der Waals surface area (Å²) >= 11 is 6.06. The van der Waals surface area contributed by atoms with Crippen molar-refractivity contribution >= 4 is 29.3 Å². The fraction of sp³-hybridized carbons (Fsp3) is 0.500. The number of halogens is 1. The highest BCUT2D eigenvalue weighted by Gasteiger charge is 2.43. The number of amides is 2. The van der Waals surface area contributed by atoms with E-state index < -0.39 is 5.97 Å². The number of piperidine rings is 1. The van der Waals surface area contributed by atoms with Gasteiger partial charge < -0.3 is 20.1 Å². The third-order valence-corrected chi connectivity index (χ3v) is 4.90. The molecule has 0 spiro atoms. The maximum absolute atomic E-state index is 12.6. The molecule has 2 N–H and O–H groups in total. The maximum atomic E-state index is 12.6. The van der Waals surface area contributed by atoms with Crippen molar-refractivity contribution in [2.24, 2.45) is 0 Å². The second-order valence-electron chi connectivity index (χ2n) is 6.00. The molecule has 2 atom stereocenters. The predicted octanol–water partition coefficient (Wildman–Crippen LogP) is 2.65. The minimum absolute atomic E-state index is 0.0458. The predicted molar refractivity (Wildman–Crippen MR) is 85.7 cm³/mol. The number of hydrogen-bond acceptors (Lipinski definition) is 4. The SMILES string of the molecule is COC(=O)c1c(Cl)cccc1NC(=O)N1C2CCC1CC(O)C2. The molecule has 7 heteroatoms. The van der Waals surface area contributed by atoms with Gasteiger partial charge in [0.1, 0.15) is 5.56 Å².